The highest BCUT2D eigenvalue weighted by Gasteiger charge is 2.14. The summed E-state index contributed by atoms with van der Waals surface area (Å²) in [7, 11) is 0. The Morgan fingerprint density at radius 2 is 2.25 bits per heavy atom. The summed E-state index contributed by atoms with van der Waals surface area (Å²) in [5, 5.41) is 13.0. The number of aromatic nitrogens is 3. The van der Waals surface area contributed by atoms with E-state index in [4.69, 9.17) is 5.11 Å². The normalized spacial score (nSPS) is 10.9. The number of thiophene rings is 1. The van der Waals surface area contributed by atoms with Crippen LogP contribution in [0.2, 0.25) is 0 Å². The molecule has 0 saturated carbocycles. The quantitative estimate of drug-likeness (QED) is 0.889. The molecule has 6 heteroatoms. The van der Waals surface area contributed by atoms with Gasteiger partial charge in [-0.05, 0) is 26.0 Å². The molecule has 2 aromatic rings. The van der Waals surface area contributed by atoms with E-state index < -0.39 is 5.97 Å². The summed E-state index contributed by atoms with van der Waals surface area (Å²) in [5.74, 6) is -0.195. The van der Waals surface area contributed by atoms with Crippen molar-refractivity contribution < 1.29 is 9.90 Å². The average Bonchev–Trinajstić information content (AvgIpc) is 2.86. The molecule has 0 radical (unpaired) electrons. The molecule has 0 bridgehead atoms. The van der Waals surface area contributed by atoms with Gasteiger partial charge in [-0.1, -0.05) is 0 Å². The largest absolute Gasteiger partial charge is 0.477 e. The van der Waals surface area contributed by atoms with Gasteiger partial charge in [0.1, 0.15) is 11.2 Å². The monoisotopic (exact) mass is 237 g/mol. The molecular weight excluding hydrogens is 226 g/mol. The molecule has 0 atom stereocenters. The van der Waals surface area contributed by atoms with E-state index in [1.165, 1.54) is 17.7 Å². The van der Waals surface area contributed by atoms with E-state index in [9.17, 15) is 4.79 Å². The number of carboxylic acid groups (broad SMARTS) is 1. The van der Waals surface area contributed by atoms with Gasteiger partial charge in [-0.25, -0.2) is 14.5 Å². The van der Waals surface area contributed by atoms with Crippen molar-refractivity contribution in [3.8, 4) is 10.7 Å². The molecule has 0 amide bonds. The minimum absolute atomic E-state index is 0.202. The lowest BCUT2D eigenvalue weighted by Crippen LogP contribution is -2.04. The van der Waals surface area contributed by atoms with Crippen molar-refractivity contribution >= 4 is 17.3 Å². The van der Waals surface area contributed by atoms with Gasteiger partial charge in [-0.2, -0.15) is 5.10 Å². The van der Waals surface area contributed by atoms with Crippen LogP contribution in [0, 0.1) is 0 Å². The van der Waals surface area contributed by atoms with Crippen molar-refractivity contribution in [1.29, 1.82) is 0 Å². The van der Waals surface area contributed by atoms with Crippen LogP contribution in [0.3, 0.4) is 0 Å². The predicted molar refractivity (Wildman–Crippen MR) is 60.7 cm³/mol. The lowest BCUT2D eigenvalue weighted by molar-refractivity contribution is 0.0702. The highest BCUT2D eigenvalue weighted by Crippen LogP contribution is 2.27. The minimum Gasteiger partial charge on any atom is -0.477 e. The molecule has 16 heavy (non-hydrogen) atoms. The van der Waals surface area contributed by atoms with E-state index in [1.54, 1.807) is 16.8 Å². The lowest BCUT2D eigenvalue weighted by atomic mass is 10.3. The number of nitrogens with zero attached hydrogens (tertiary/aromatic N) is 3. The summed E-state index contributed by atoms with van der Waals surface area (Å²) in [6.45, 7) is 4.01. The van der Waals surface area contributed by atoms with Gasteiger partial charge in [-0.15, -0.1) is 11.3 Å². The molecule has 0 fully saturated rings. The van der Waals surface area contributed by atoms with Crippen LogP contribution in [0.4, 0.5) is 0 Å². The zero-order valence-corrected chi connectivity index (χ0v) is 9.73. The first-order valence-electron chi connectivity index (χ1n) is 4.82. The molecule has 84 valence electrons. The fourth-order valence-corrected chi connectivity index (χ4v) is 2.21. The number of hydrogen-bond acceptors (Lipinski definition) is 4. The van der Waals surface area contributed by atoms with Crippen LogP contribution in [-0.2, 0) is 0 Å². The lowest BCUT2D eigenvalue weighted by Gasteiger charge is -2.07. The number of carbonyl (C=O) groups is 1. The van der Waals surface area contributed by atoms with Crippen molar-refractivity contribution in [2.45, 2.75) is 19.9 Å². The van der Waals surface area contributed by atoms with Crippen LogP contribution in [-0.4, -0.2) is 25.8 Å². The van der Waals surface area contributed by atoms with Gasteiger partial charge in [0, 0.05) is 6.04 Å². The van der Waals surface area contributed by atoms with E-state index in [0.29, 0.717) is 10.7 Å². The molecule has 2 aromatic heterocycles. The van der Waals surface area contributed by atoms with Crippen LogP contribution in [0.25, 0.3) is 10.7 Å². The van der Waals surface area contributed by atoms with Crippen molar-refractivity contribution in [3.63, 3.8) is 0 Å². The van der Waals surface area contributed by atoms with E-state index in [-0.39, 0.29) is 6.04 Å². The molecule has 2 rings (SSSR count). The standard InChI is InChI=1S/C10H11N3O2S/c1-6(2)13-9(11-5-12-13)7-3-4-8(16-7)10(14)15/h3-6H,1-2H3,(H,14,15). The highest BCUT2D eigenvalue weighted by atomic mass is 32.1. The molecule has 0 unspecified atom stereocenters. The predicted octanol–water partition coefficient (Wildman–Crippen LogP) is 2.29. The van der Waals surface area contributed by atoms with Crippen molar-refractivity contribution in [3.05, 3.63) is 23.3 Å². The third-order valence-corrected chi connectivity index (χ3v) is 3.17. The second kappa shape index (κ2) is 4.05. The third-order valence-electron chi connectivity index (χ3n) is 2.10. The Morgan fingerprint density at radius 1 is 1.50 bits per heavy atom. The fraction of sp³-hybridized carbons (Fsp3) is 0.300. The molecule has 0 aliphatic heterocycles. The Balaban J connectivity index is 2.42. The Morgan fingerprint density at radius 3 is 2.81 bits per heavy atom. The molecule has 0 saturated heterocycles. The van der Waals surface area contributed by atoms with Gasteiger partial charge in [0.05, 0.1) is 4.88 Å². The maximum absolute atomic E-state index is 10.8. The first kappa shape index (κ1) is 10.8. The Bertz CT molecular complexity index is 516. The van der Waals surface area contributed by atoms with E-state index in [1.807, 2.05) is 13.8 Å². The van der Waals surface area contributed by atoms with Gasteiger partial charge >= 0.3 is 5.97 Å². The summed E-state index contributed by atoms with van der Waals surface area (Å²) in [6.07, 6.45) is 1.48. The van der Waals surface area contributed by atoms with E-state index in [0.717, 1.165) is 4.88 Å². The fourth-order valence-electron chi connectivity index (χ4n) is 1.38. The first-order chi connectivity index (χ1) is 7.59. The maximum atomic E-state index is 10.8. The van der Waals surface area contributed by atoms with Crippen LogP contribution < -0.4 is 0 Å². The zero-order valence-electron chi connectivity index (χ0n) is 8.91. The molecular formula is C10H11N3O2S. The van der Waals surface area contributed by atoms with Gasteiger partial charge in [0.25, 0.3) is 0 Å². The Labute approximate surface area is 96.4 Å². The van der Waals surface area contributed by atoms with Gasteiger partial charge in [0.2, 0.25) is 0 Å². The third kappa shape index (κ3) is 1.83. The second-order valence-corrected chi connectivity index (χ2v) is 4.67. The summed E-state index contributed by atoms with van der Waals surface area (Å²) in [6, 6.07) is 3.55. The molecule has 0 spiro atoms. The van der Waals surface area contributed by atoms with Gasteiger partial charge in [0.15, 0.2) is 5.82 Å². The SMILES string of the molecule is CC(C)n1ncnc1-c1ccc(C(=O)O)s1. The molecule has 0 aliphatic carbocycles. The van der Waals surface area contributed by atoms with E-state index >= 15 is 0 Å². The zero-order chi connectivity index (χ0) is 11.7. The van der Waals surface area contributed by atoms with Crippen LogP contribution in [0.1, 0.15) is 29.6 Å². The average molecular weight is 237 g/mol. The van der Waals surface area contributed by atoms with E-state index in [2.05, 4.69) is 10.1 Å². The second-order valence-electron chi connectivity index (χ2n) is 3.59. The van der Waals surface area contributed by atoms with Crippen molar-refractivity contribution in [2.24, 2.45) is 0 Å². The topological polar surface area (TPSA) is 68.0 Å². The van der Waals surface area contributed by atoms with Gasteiger partial charge < -0.3 is 5.11 Å². The minimum atomic E-state index is -0.910. The molecule has 0 aliphatic rings. The molecule has 2 heterocycles. The van der Waals surface area contributed by atoms with Crippen LogP contribution in [0.5, 0.6) is 0 Å². The van der Waals surface area contributed by atoms with Crippen LogP contribution in [0.15, 0.2) is 18.5 Å². The Kier molecular flexibility index (Phi) is 2.74. The summed E-state index contributed by atoms with van der Waals surface area (Å²) in [4.78, 5) is 16.1. The van der Waals surface area contributed by atoms with Crippen LogP contribution >= 0.6 is 11.3 Å². The maximum Gasteiger partial charge on any atom is 0.345 e. The van der Waals surface area contributed by atoms with Crippen molar-refractivity contribution in [2.75, 3.05) is 0 Å². The number of rotatable bonds is 3. The Hall–Kier alpha value is -1.69. The highest BCUT2D eigenvalue weighted by molar-refractivity contribution is 7.17. The molecule has 1 N–H and O–H groups in total. The number of carboxylic acids is 1. The summed E-state index contributed by atoms with van der Waals surface area (Å²) >= 11 is 1.21. The van der Waals surface area contributed by atoms with Gasteiger partial charge in [-0.3, -0.25) is 0 Å². The number of aromatic carboxylic acids is 1. The summed E-state index contributed by atoms with van der Waals surface area (Å²) in [5.41, 5.74) is 0. The smallest absolute Gasteiger partial charge is 0.345 e. The first-order valence-corrected chi connectivity index (χ1v) is 5.64. The van der Waals surface area contributed by atoms with Crippen molar-refractivity contribution in [1.82, 2.24) is 14.8 Å². The number of hydrogen-bond donors (Lipinski definition) is 1. The molecule has 0 aromatic carbocycles. The molecule has 5 nitrogen and oxygen atoms in total. The summed E-state index contributed by atoms with van der Waals surface area (Å²) < 4.78 is 1.78.